The van der Waals surface area contributed by atoms with Gasteiger partial charge in [0.25, 0.3) is 0 Å². The lowest BCUT2D eigenvalue weighted by molar-refractivity contribution is 0.261. The zero-order valence-corrected chi connectivity index (χ0v) is 13.4. The fourth-order valence-electron chi connectivity index (χ4n) is 3.07. The van der Waals surface area contributed by atoms with Crippen molar-refractivity contribution < 1.29 is 0 Å². The monoisotopic (exact) mass is 337 g/mol. The molecule has 4 nitrogen and oxygen atoms in total. The second kappa shape index (κ2) is 5.28. The van der Waals surface area contributed by atoms with Crippen molar-refractivity contribution in [2.75, 3.05) is 5.32 Å². The fourth-order valence-corrected chi connectivity index (χ4v) is 3.52. The molecule has 2 aromatic rings. The van der Waals surface area contributed by atoms with E-state index in [-0.39, 0.29) is 5.69 Å². The number of anilines is 1. The molecule has 5 heteroatoms. The summed E-state index contributed by atoms with van der Waals surface area (Å²) >= 11 is 3.58. The van der Waals surface area contributed by atoms with Crippen LogP contribution in [0.5, 0.6) is 0 Å². The van der Waals surface area contributed by atoms with Gasteiger partial charge in [0.05, 0.1) is 16.7 Å². The Balaban J connectivity index is 1.83. The van der Waals surface area contributed by atoms with Crippen LogP contribution in [-0.4, -0.2) is 16.0 Å². The van der Waals surface area contributed by atoms with E-state index in [4.69, 9.17) is 0 Å². The van der Waals surface area contributed by atoms with Crippen molar-refractivity contribution in [2.24, 2.45) is 11.8 Å². The molecule has 1 aliphatic carbocycles. The van der Waals surface area contributed by atoms with E-state index in [0.29, 0.717) is 6.04 Å². The van der Waals surface area contributed by atoms with Gasteiger partial charge in [0, 0.05) is 10.5 Å². The van der Waals surface area contributed by atoms with E-state index in [1.807, 2.05) is 12.1 Å². The number of hydrogen-bond acceptors (Lipinski definition) is 2. The molecule has 0 aliphatic heterocycles. The molecule has 1 saturated carbocycles. The van der Waals surface area contributed by atoms with Crippen molar-refractivity contribution in [3.63, 3.8) is 0 Å². The van der Waals surface area contributed by atoms with Crippen LogP contribution in [0.4, 0.5) is 5.69 Å². The average molecular weight is 338 g/mol. The van der Waals surface area contributed by atoms with Gasteiger partial charge in [0.1, 0.15) is 0 Å². The molecule has 1 aromatic heterocycles. The van der Waals surface area contributed by atoms with Gasteiger partial charge in [-0.15, -0.1) is 0 Å². The second-order valence-electron chi connectivity index (χ2n) is 6.07. The topological polar surface area (TPSA) is 60.7 Å². The molecule has 3 unspecified atom stereocenters. The zero-order valence-electron chi connectivity index (χ0n) is 11.8. The average Bonchev–Trinajstić information content (AvgIpc) is 2.73. The predicted molar refractivity (Wildman–Crippen MR) is 86.2 cm³/mol. The van der Waals surface area contributed by atoms with Crippen LogP contribution in [0.3, 0.4) is 0 Å². The summed E-state index contributed by atoms with van der Waals surface area (Å²) in [5.74, 6) is 1.58. The van der Waals surface area contributed by atoms with Crippen molar-refractivity contribution in [3.8, 4) is 0 Å². The molecule has 20 heavy (non-hydrogen) atoms. The van der Waals surface area contributed by atoms with Gasteiger partial charge in [-0.25, -0.2) is 4.79 Å². The maximum absolute atomic E-state index is 11.3. The van der Waals surface area contributed by atoms with Gasteiger partial charge < -0.3 is 15.3 Å². The number of H-pyrrole nitrogens is 2. The van der Waals surface area contributed by atoms with Crippen LogP contribution in [0.1, 0.15) is 33.1 Å². The summed E-state index contributed by atoms with van der Waals surface area (Å²) in [6.45, 7) is 4.67. The Hall–Kier alpha value is -1.23. The van der Waals surface area contributed by atoms with E-state index in [9.17, 15) is 4.79 Å². The highest BCUT2D eigenvalue weighted by atomic mass is 79.9. The minimum Gasteiger partial charge on any atom is -0.381 e. The van der Waals surface area contributed by atoms with Crippen molar-refractivity contribution >= 4 is 32.7 Å². The smallest absolute Gasteiger partial charge is 0.323 e. The number of aromatic amines is 2. The number of hydrogen-bond donors (Lipinski definition) is 3. The highest BCUT2D eigenvalue weighted by Gasteiger charge is 2.24. The van der Waals surface area contributed by atoms with Gasteiger partial charge in [-0.1, -0.05) is 13.8 Å². The molecule has 3 N–H and O–H groups in total. The number of nitrogens with one attached hydrogen (secondary N) is 3. The second-order valence-corrected chi connectivity index (χ2v) is 6.92. The van der Waals surface area contributed by atoms with Crippen LogP contribution >= 0.6 is 15.9 Å². The molecule has 0 amide bonds. The van der Waals surface area contributed by atoms with Gasteiger partial charge in [-0.05, 0) is 59.2 Å². The van der Waals surface area contributed by atoms with E-state index in [1.54, 1.807) is 0 Å². The number of rotatable bonds is 2. The van der Waals surface area contributed by atoms with Crippen molar-refractivity contribution in [3.05, 3.63) is 27.1 Å². The SMILES string of the molecule is CC1CCC(Nc2cc3[nH]c(=O)[nH]c3cc2Br)CC1C. The highest BCUT2D eigenvalue weighted by molar-refractivity contribution is 9.10. The summed E-state index contributed by atoms with van der Waals surface area (Å²) in [7, 11) is 0. The largest absolute Gasteiger partial charge is 0.381 e. The van der Waals surface area contributed by atoms with E-state index in [1.165, 1.54) is 19.3 Å². The third kappa shape index (κ3) is 2.64. The molecule has 108 valence electrons. The molecule has 3 atom stereocenters. The van der Waals surface area contributed by atoms with Gasteiger partial charge in [-0.3, -0.25) is 0 Å². The third-order valence-corrected chi connectivity index (χ3v) is 5.22. The molecule has 1 aliphatic rings. The van der Waals surface area contributed by atoms with E-state index in [2.05, 4.69) is 45.1 Å². The Kier molecular flexibility index (Phi) is 3.63. The fraction of sp³-hybridized carbons (Fsp3) is 0.533. The molecule has 0 saturated heterocycles. The number of fused-ring (bicyclic) bond motifs is 1. The first kappa shape index (κ1) is 13.7. The van der Waals surface area contributed by atoms with Crippen molar-refractivity contribution in [1.82, 2.24) is 9.97 Å². The molecular weight excluding hydrogens is 318 g/mol. The molecule has 1 heterocycles. The van der Waals surface area contributed by atoms with Crippen LogP contribution < -0.4 is 11.0 Å². The maximum Gasteiger partial charge on any atom is 0.323 e. The van der Waals surface area contributed by atoms with Crippen LogP contribution in [-0.2, 0) is 0 Å². The first-order chi connectivity index (χ1) is 9.52. The van der Waals surface area contributed by atoms with Gasteiger partial charge >= 0.3 is 5.69 Å². The van der Waals surface area contributed by atoms with Crippen LogP contribution in [0.25, 0.3) is 11.0 Å². The van der Waals surface area contributed by atoms with Crippen LogP contribution in [0.15, 0.2) is 21.4 Å². The summed E-state index contributed by atoms with van der Waals surface area (Å²) in [6, 6.07) is 4.46. The third-order valence-electron chi connectivity index (χ3n) is 4.56. The lowest BCUT2D eigenvalue weighted by Crippen LogP contribution is -2.30. The number of imidazole rings is 1. The lowest BCUT2D eigenvalue weighted by atomic mass is 9.79. The summed E-state index contributed by atoms with van der Waals surface area (Å²) in [5.41, 5.74) is 2.57. The molecule has 0 spiro atoms. The van der Waals surface area contributed by atoms with Crippen molar-refractivity contribution in [1.29, 1.82) is 0 Å². The quantitative estimate of drug-likeness (QED) is 0.779. The molecule has 1 fully saturated rings. The predicted octanol–water partition coefficient (Wildman–Crippen LogP) is 3.86. The Morgan fingerprint density at radius 1 is 1.15 bits per heavy atom. The van der Waals surface area contributed by atoms with Crippen LogP contribution in [0, 0.1) is 11.8 Å². The van der Waals surface area contributed by atoms with Crippen molar-refractivity contribution in [2.45, 2.75) is 39.2 Å². The minimum absolute atomic E-state index is 0.163. The van der Waals surface area contributed by atoms with E-state index >= 15 is 0 Å². The van der Waals surface area contributed by atoms with E-state index < -0.39 is 0 Å². The van der Waals surface area contributed by atoms with Gasteiger partial charge in [-0.2, -0.15) is 0 Å². The first-order valence-electron chi connectivity index (χ1n) is 7.21. The Morgan fingerprint density at radius 2 is 1.85 bits per heavy atom. The Bertz CT molecular complexity index is 675. The lowest BCUT2D eigenvalue weighted by Gasteiger charge is -2.33. The van der Waals surface area contributed by atoms with Crippen LogP contribution in [0.2, 0.25) is 0 Å². The number of aromatic nitrogens is 2. The Morgan fingerprint density at radius 3 is 2.55 bits per heavy atom. The van der Waals surface area contributed by atoms with Gasteiger partial charge in [0.15, 0.2) is 0 Å². The maximum atomic E-state index is 11.3. The number of halogens is 1. The normalized spacial score (nSPS) is 26.9. The summed E-state index contributed by atoms with van der Waals surface area (Å²) < 4.78 is 0.992. The highest BCUT2D eigenvalue weighted by Crippen LogP contribution is 2.33. The van der Waals surface area contributed by atoms with E-state index in [0.717, 1.165) is 33.0 Å². The first-order valence-corrected chi connectivity index (χ1v) is 8.00. The summed E-state index contributed by atoms with van der Waals surface area (Å²) in [4.78, 5) is 16.9. The molecule has 0 bridgehead atoms. The minimum atomic E-state index is -0.163. The number of benzene rings is 1. The zero-order chi connectivity index (χ0) is 14.3. The molecule has 1 aromatic carbocycles. The summed E-state index contributed by atoms with van der Waals surface area (Å²) in [6.07, 6.45) is 3.69. The summed E-state index contributed by atoms with van der Waals surface area (Å²) in [5, 5.41) is 3.62. The molecule has 0 radical (unpaired) electrons. The Labute approximate surface area is 126 Å². The molecular formula is C15H20BrN3O. The molecule has 3 rings (SSSR count). The van der Waals surface area contributed by atoms with Gasteiger partial charge in [0.2, 0.25) is 0 Å². The standard InChI is InChI=1S/C15H20BrN3O/c1-8-3-4-10(5-9(8)2)17-12-7-14-13(6-11(12)16)18-15(20)19-14/h6-10,17H,3-5H2,1-2H3,(H2,18,19,20).